The molecule has 0 radical (unpaired) electrons. The topological polar surface area (TPSA) is 3.24 Å². The maximum Gasteiger partial charge on any atom is 0.000711 e. The van der Waals surface area contributed by atoms with Gasteiger partial charge in [-0.15, -0.1) is 0 Å². The average Bonchev–Trinajstić information content (AvgIpc) is 2.80. The van der Waals surface area contributed by atoms with E-state index in [2.05, 4.69) is 18.7 Å². The van der Waals surface area contributed by atoms with Crippen LogP contribution in [-0.2, 0) is 0 Å². The summed E-state index contributed by atoms with van der Waals surface area (Å²) >= 11 is 0. The molecule has 2 rings (SSSR count). The summed E-state index contributed by atoms with van der Waals surface area (Å²) < 4.78 is 0. The van der Waals surface area contributed by atoms with Crippen molar-refractivity contribution in [2.45, 2.75) is 39.5 Å². The van der Waals surface area contributed by atoms with Crippen LogP contribution in [0.2, 0.25) is 0 Å². The zero-order valence-corrected chi connectivity index (χ0v) is 8.47. The average molecular weight is 167 g/mol. The molecule has 2 fully saturated rings. The lowest BCUT2D eigenvalue weighted by atomic mass is 9.92. The second-order valence-corrected chi connectivity index (χ2v) is 4.95. The first-order valence-corrected chi connectivity index (χ1v) is 5.46. The molecule has 12 heavy (non-hydrogen) atoms. The Labute approximate surface area is 76.1 Å². The molecule has 1 aliphatic carbocycles. The molecule has 1 atom stereocenters. The first kappa shape index (κ1) is 8.55. The molecule has 0 aromatic rings. The second-order valence-electron chi connectivity index (χ2n) is 4.95. The fourth-order valence-corrected chi connectivity index (χ4v) is 2.75. The van der Waals surface area contributed by atoms with Gasteiger partial charge >= 0.3 is 0 Å². The van der Waals surface area contributed by atoms with E-state index >= 15 is 0 Å². The zero-order valence-electron chi connectivity index (χ0n) is 8.47. The Balaban J connectivity index is 1.95. The van der Waals surface area contributed by atoms with Gasteiger partial charge in [-0.1, -0.05) is 13.8 Å². The van der Waals surface area contributed by atoms with Gasteiger partial charge in [0, 0.05) is 6.54 Å². The normalized spacial score (nSPS) is 35.0. The summed E-state index contributed by atoms with van der Waals surface area (Å²) in [5, 5.41) is 0. The Morgan fingerprint density at radius 3 is 2.67 bits per heavy atom. The summed E-state index contributed by atoms with van der Waals surface area (Å²) in [5.41, 5.74) is 0.823. The number of nitrogens with zero attached hydrogens (tertiary/aromatic N) is 1. The Morgan fingerprint density at radius 2 is 2.08 bits per heavy atom. The third kappa shape index (κ3) is 1.66. The zero-order chi connectivity index (χ0) is 8.60. The first-order valence-electron chi connectivity index (χ1n) is 5.46. The molecule has 1 saturated carbocycles. The summed E-state index contributed by atoms with van der Waals surface area (Å²) in [6.45, 7) is 8.67. The molecule has 1 unspecified atom stereocenters. The van der Waals surface area contributed by atoms with E-state index < -0.39 is 0 Å². The van der Waals surface area contributed by atoms with Gasteiger partial charge in [-0.2, -0.15) is 0 Å². The van der Waals surface area contributed by atoms with Crippen molar-refractivity contribution >= 4 is 0 Å². The number of rotatable bonds is 1. The van der Waals surface area contributed by atoms with E-state index in [-0.39, 0.29) is 0 Å². The SMILES string of the molecule is CCN1CCC2(CC2)CC(C)C1. The molecule has 2 aliphatic rings. The molecule has 0 aromatic carbocycles. The van der Waals surface area contributed by atoms with E-state index in [4.69, 9.17) is 0 Å². The molecule has 0 N–H and O–H groups in total. The van der Waals surface area contributed by atoms with E-state index in [0.29, 0.717) is 0 Å². The van der Waals surface area contributed by atoms with Gasteiger partial charge in [-0.3, -0.25) is 0 Å². The maximum atomic E-state index is 2.62. The van der Waals surface area contributed by atoms with Crippen LogP contribution < -0.4 is 0 Å². The monoisotopic (exact) mass is 167 g/mol. The maximum absolute atomic E-state index is 2.62. The molecule has 1 heteroatoms. The van der Waals surface area contributed by atoms with Gasteiger partial charge in [-0.05, 0) is 50.1 Å². The fourth-order valence-electron chi connectivity index (χ4n) is 2.75. The summed E-state index contributed by atoms with van der Waals surface area (Å²) in [4.78, 5) is 2.62. The Morgan fingerprint density at radius 1 is 1.33 bits per heavy atom. The van der Waals surface area contributed by atoms with Crippen molar-refractivity contribution in [3.05, 3.63) is 0 Å². The number of likely N-dealkylation sites (tertiary alicyclic amines) is 1. The van der Waals surface area contributed by atoms with Gasteiger partial charge in [0.2, 0.25) is 0 Å². The van der Waals surface area contributed by atoms with Crippen molar-refractivity contribution in [2.75, 3.05) is 19.6 Å². The largest absolute Gasteiger partial charge is 0.303 e. The van der Waals surface area contributed by atoms with Crippen LogP contribution in [0.3, 0.4) is 0 Å². The van der Waals surface area contributed by atoms with Crippen LogP contribution in [0, 0.1) is 11.3 Å². The number of hydrogen-bond acceptors (Lipinski definition) is 1. The minimum atomic E-state index is 0.823. The molecule has 0 bridgehead atoms. The van der Waals surface area contributed by atoms with Crippen LogP contribution in [-0.4, -0.2) is 24.5 Å². The number of hydrogen-bond donors (Lipinski definition) is 0. The highest BCUT2D eigenvalue weighted by Gasteiger charge is 2.44. The van der Waals surface area contributed by atoms with Crippen LogP contribution >= 0.6 is 0 Å². The molecule has 1 saturated heterocycles. The van der Waals surface area contributed by atoms with Crippen LogP contribution in [0.4, 0.5) is 0 Å². The van der Waals surface area contributed by atoms with Crippen LogP contribution in [0.5, 0.6) is 0 Å². The highest BCUT2D eigenvalue weighted by molar-refractivity contribution is 4.96. The predicted octanol–water partition coefficient (Wildman–Crippen LogP) is 2.52. The Bertz CT molecular complexity index is 160. The van der Waals surface area contributed by atoms with E-state index in [0.717, 1.165) is 11.3 Å². The van der Waals surface area contributed by atoms with Crippen molar-refractivity contribution in [1.29, 1.82) is 0 Å². The van der Waals surface area contributed by atoms with Crippen molar-refractivity contribution in [3.63, 3.8) is 0 Å². The van der Waals surface area contributed by atoms with Crippen molar-refractivity contribution in [3.8, 4) is 0 Å². The molecule has 0 amide bonds. The Hall–Kier alpha value is -0.0400. The van der Waals surface area contributed by atoms with E-state index in [1.165, 1.54) is 45.3 Å². The minimum Gasteiger partial charge on any atom is -0.303 e. The minimum absolute atomic E-state index is 0.823. The van der Waals surface area contributed by atoms with Gasteiger partial charge in [0.05, 0.1) is 0 Å². The highest BCUT2D eigenvalue weighted by atomic mass is 15.1. The standard InChI is InChI=1S/C11H21N/c1-3-12-7-6-11(4-5-11)8-10(2)9-12/h10H,3-9H2,1-2H3. The third-order valence-corrected chi connectivity index (χ3v) is 3.71. The van der Waals surface area contributed by atoms with Gasteiger partial charge < -0.3 is 4.90 Å². The fraction of sp³-hybridized carbons (Fsp3) is 1.00. The second kappa shape index (κ2) is 3.02. The van der Waals surface area contributed by atoms with E-state index in [1.807, 2.05) is 0 Å². The quantitative estimate of drug-likeness (QED) is 0.580. The molecule has 1 heterocycles. The molecule has 1 nitrogen and oxygen atoms in total. The predicted molar refractivity (Wildman–Crippen MR) is 52.2 cm³/mol. The lowest BCUT2D eigenvalue weighted by Gasteiger charge is -2.19. The van der Waals surface area contributed by atoms with Gasteiger partial charge in [0.25, 0.3) is 0 Å². The molecule has 1 aliphatic heterocycles. The van der Waals surface area contributed by atoms with E-state index in [1.54, 1.807) is 0 Å². The lowest BCUT2D eigenvalue weighted by Crippen LogP contribution is -2.27. The first-order chi connectivity index (χ1) is 5.74. The third-order valence-electron chi connectivity index (χ3n) is 3.71. The van der Waals surface area contributed by atoms with Crippen molar-refractivity contribution < 1.29 is 0 Å². The molecule has 0 aromatic heterocycles. The summed E-state index contributed by atoms with van der Waals surface area (Å²) in [5.74, 6) is 0.940. The van der Waals surface area contributed by atoms with Gasteiger partial charge in [0.1, 0.15) is 0 Å². The lowest BCUT2D eigenvalue weighted by molar-refractivity contribution is 0.269. The summed E-state index contributed by atoms with van der Waals surface area (Å²) in [6.07, 6.45) is 6.03. The van der Waals surface area contributed by atoms with Crippen LogP contribution in [0.25, 0.3) is 0 Å². The van der Waals surface area contributed by atoms with E-state index in [9.17, 15) is 0 Å². The van der Waals surface area contributed by atoms with Crippen molar-refractivity contribution in [2.24, 2.45) is 11.3 Å². The van der Waals surface area contributed by atoms with Gasteiger partial charge in [-0.25, -0.2) is 0 Å². The highest BCUT2D eigenvalue weighted by Crippen LogP contribution is 2.54. The van der Waals surface area contributed by atoms with Crippen LogP contribution in [0.1, 0.15) is 39.5 Å². The smallest absolute Gasteiger partial charge is 0.000711 e. The Kier molecular flexibility index (Phi) is 2.16. The molecule has 70 valence electrons. The molecular formula is C11H21N. The summed E-state index contributed by atoms with van der Waals surface area (Å²) in [6, 6.07) is 0. The van der Waals surface area contributed by atoms with Crippen LogP contribution in [0.15, 0.2) is 0 Å². The van der Waals surface area contributed by atoms with Crippen molar-refractivity contribution in [1.82, 2.24) is 4.90 Å². The molecular weight excluding hydrogens is 146 g/mol. The molecule has 1 spiro atoms. The summed E-state index contributed by atoms with van der Waals surface area (Å²) in [7, 11) is 0. The van der Waals surface area contributed by atoms with Gasteiger partial charge in [0.15, 0.2) is 0 Å².